The minimum Gasteiger partial charge on any atom is -0.354 e. The predicted molar refractivity (Wildman–Crippen MR) is 113 cm³/mol. The first-order valence-corrected chi connectivity index (χ1v) is 11.0. The molecule has 2 saturated carbocycles. The van der Waals surface area contributed by atoms with Gasteiger partial charge in [0.1, 0.15) is 5.82 Å². The molecule has 0 bridgehead atoms. The van der Waals surface area contributed by atoms with E-state index in [1.165, 1.54) is 19.1 Å². The van der Waals surface area contributed by atoms with Gasteiger partial charge >= 0.3 is 0 Å². The van der Waals surface area contributed by atoms with Gasteiger partial charge in [-0.1, -0.05) is 49.9 Å². The van der Waals surface area contributed by atoms with E-state index in [9.17, 15) is 14.0 Å². The van der Waals surface area contributed by atoms with Crippen molar-refractivity contribution >= 4 is 35.0 Å². The van der Waals surface area contributed by atoms with Crippen LogP contribution in [0.25, 0.3) is 0 Å². The van der Waals surface area contributed by atoms with Crippen LogP contribution in [0.3, 0.4) is 0 Å². The Morgan fingerprint density at radius 3 is 2.45 bits per heavy atom. The smallest absolute Gasteiger partial charge is 0.226 e. The van der Waals surface area contributed by atoms with Crippen LogP contribution < -0.4 is 10.6 Å². The molecule has 2 aliphatic rings. The quantitative estimate of drug-likeness (QED) is 0.585. The number of halogens is 3. The largest absolute Gasteiger partial charge is 0.354 e. The molecular formula is C22H29Cl2FN2O2. The minimum absolute atomic E-state index is 0.0183. The number of carbonyl (C=O) groups excluding carboxylic acids is 2. The van der Waals surface area contributed by atoms with E-state index in [1.807, 2.05) is 6.92 Å². The summed E-state index contributed by atoms with van der Waals surface area (Å²) in [7, 11) is 0. The van der Waals surface area contributed by atoms with Crippen LogP contribution in [-0.2, 0) is 9.59 Å². The van der Waals surface area contributed by atoms with Gasteiger partial charge < -0.3 is 10.6 Å². The molecule has 160 valence electrons. The summed E-state index contributed by atoms with van der Waals surface area (Å²) in [5.41, 5.74) is -0.643. The fourth-order valence-electron chi connectivity index (χ4n) is 5.04. The van der Waals surface area contributed by atoms with Gasteiger partial charge in [0.05, 0.1) is 16.1 Å². The molecule has 2 fully saturated rings. The normalized spacial score (nSPS) is 26.9. The molecule has 3 atom stereocenters. The Hall–Kier alpha value is -1.33. The van der Waals surface area contributed by atoms with E-state index < -0.39 is 17.3 Å². The number of hydrogen-bond acceptors (Lipinski definition) is 2. The van der Waals surface area contributed by atoms with Crippen LogP contribution in [-0.4, -0.2) is 17.9 Å². The number of carbonyl (C=O) groups is 2. The van der Waals surface area contributed by atoms with Crippen LogP contribution in [0.2, 0.25) is 10.0 Å². The van der Waals surface area contributed by atoms with Crippen molar-refractivity contribution in [2.75, 3.05) is 0 Å². The van der Waals surface area contributed by atoms with Crippen molar-refractivity contribution in [2.24, 2.45) is 10.8 Å². The Bertz CT molecular complexity index is 810. The van der Waals surface area contributed by atoms with E-state index in [1.54, 1.807) is 0 Å². The van der Waals surface area contributed by atoms with Gasteiger partial charge in [-0.2, -0.15) is 0 Å². The first kappa shape index (κ1) is 22.4. The molecule has 1 aromatic carbocycles. The minimum atomic E-state index is -0.623. The zero-order chi connectivity index (χ0) is 21.4. The van der Waals surface area contributed by atoms with Crippen molar-refractivity contribution < 1.29 is 14.0 Å². The molecule has 2 aliphatic carbocycles. The maximum Gasteiger partial charge on any atom is 0.226 e. The summed E-state index contributed by atoms with van der Waals surface area (Å²) in [6.07, 6.45) is 5.80. The van der Waals surface area contributed by atoms with Crippen molar-refractivity contribution in [3.8, 4) is 0 Å². The number of benzene rings is 1. The van der Waals surface area contributed by atoms with Gasteiger partial charge in [-0.15, -0.1) is 0 Å². The van der Waals surface area contributed by atoms with E-state index in [0.717, 1.165) is 32.1 Å². The first-order chi connectivity index (χ1) is 13.6. The van der Waals surface area contributed by atoms with Gasteiger partial charge in [0.2, 0.25) is 11.8 Å². The molecule has 1 aromatic rings. The second kappa shape index (κ2) is 8.43. The Balaban J connectivity index is 1.90. The highest BCUT2D eigenvalue weighted by atomic mass is 35.5. The standard InChI is InChI=1S/C22H29Cl2FN2O2/c1-13(28)26-14-8-11-22(3,12-14)20(29)27-19(21(2)9-4-5-10-21)17-16(25)7-6-15(23)18(17)24/h6-7,14,19H,4-5,8-12H2,1-3H3,(H,26,28)(H,27,29). The summed E-state index contributed by atoms with van der Waals surface area (Å²) < 4.78 is 14.9. The molecule has 0 heterocycles. The SMILES string of the molecule is CC(=O)NC1CCC(C)(C(=O)NC(c2c(F)ccc(Cl)c2Cl)C2(C)CCCC2)C1. The van der Waals surface area contributed by atoms with Gasteiger partial charge in [-0.25, -0.2) is 4.39 Å². The number of amides is 2. The average Bonchev–Trinajstić information content (AvgIpc) is 3.24. The first-order valence-electron chi connectivity index (χ1n) is 10.3. The summed E-state index contributed by atoms with van der Waals surface area (Å²) in [5, 5.41) is 6.50. The van der Waals surface area contributed by atoms with Crippen molar-refractivity contribution in [3.63, 3.8) is 0 Å². The van der Waals surface area contributed by atoms with Crippen LogP contribution in [0.5, 0.6) is 0 Å². The molecule has 3 rings (SSSR count). The van der Waals surface area contributed by atoms with Crippen LogP contribution in [0, 0.1) is 16.6 Å². The highest BCUT2D eigenvalue weighted by Gasteiger charge is 2.46. The fraction of sp³-hybridized carbons (Fsp3) is 0.636. The van der Waals surface area contributed by atoms with Crippen molar-refractivity contribution in [1.82, 2.24) is 10.6 Å². The second-order valence-electron chi connectivity index (χ2n) is 9.23. The Kier molecular flexibility index (Phi) is 6.50. The third-order valence-corrected chi connectivity index (χ3v) is 7.60. The maximum atomic E-state index is 14.9. The van der Waals surface area contributed by atoms with Crippen LogP contribution in [0.15, 0.2) is 12.1 Å². The molecule has 4 nitrogen and oxygen atoms in total. The molecule has 0 aromatic heterocycles. The van der Waals surface area contributed by atoms with E-state index in [0.29, 0.717) is 12.8 Å². The van der Waals surface area contributed by atoms with E-state index in [-0.39, 0.29) is 38.9 Å². The van der Waals surface area contributed by atoms with Gasteiger partial charge in [0.25, 0.3) is 0 Å². The summed E-state index contributed by atoms with van der Waals surface area (Å²) in [6, 6.07) is 2.18. The fourth-order valence-corrected chi connectivity index (χ4v) is 5.46. The molecule has 29 heavy (non-hydrogen) atoms. The van der Waals surface area contributed by atoms with Gasteiger partial charge in [0.15, 0.2) is 0 Å². The Labute approximate surface area is 181 Å². The van der Waals surface area contributed by atoms with E-state index in [4.69, 9.17) is 23.2 Å². The lowest BCUT2D eigenvalue weighted by molar-refractivity contribution is -0.132. The zero-order valence-electron chi connectivity index (χ0n) is 17.2. The van der Waals surface area contributed by atoms with Crippen molar-refractivity contribution in [3.05, 3.63) is 33.6 Å². The third kappa shape index (κ3) is 4.56. The summed E-state index contributed by atoms with van der Waals surface area (Å²) in [5.74, 6) is -0.673. The van der Waals surface area contributed by atoms with Gasteiger partial charge in [-0.05, 0) is 49.7 Å². The molecule has 7 heteroatoms. The lowest BCUT2D eigenvalue weighted by Crippen LogP contribution is -2.45. The lowest BCUT2D eigenvalue weighted by Gasteiger charge is -2.38. The van der Waals surface area contributed by atoms with Gasteiger partial charge in [0, 0.05) is 23.9 Å². The van der Waals surface area contributed by atoms with Crippen LogP contribution in [0.1, 0.15) is 77.3 Å². The van der Waals surface area contributed by atoms with Crippen molar-refractivity contribution in [1.29, 1.82) is 0 Å². The topological polar surface area (TPSA) is 58.2 Å². The average molecular weight is 443 g/mol. The predicted octanol–water partition coefficient (Wildman–Crippen LogP) is 5.57. The van der Waals surface area contributed by atoms with E-state index >= 15 is 0 Å². The molecule has 0 radical (unpaired) electrons. The molecule has 2 N–H and O–H groups in total. The maximum absolute atomic E-state index is 14.9. The van der Waals surface area contributed by atoms with E-state index in [2.05, 4.69) is 17.6 Å². The zero-order valence-corrected chi connectivity index (χ0v) is 18.7. The van der Waals surface area contributed by atoms with Crippen molar-refractivity contribution in [2.45, 2.75) is 77.8 Å². The third-order valence-electron chi connectivity index (χ3n) is 6.78. The summed E-state index contributed by atoms with van der Waals surface area (Å²) in [6.45, 7) is 5.48. The number of nitrogens with one attached hydrogen (secondary N) is 2. The summed E-state index contributed by atoms with van der Waals surface area (Å²) in [4.78, 5) is 24.8. The highest BCUT2D eigenvalue weighted by molar-refractivity contribution is 6.42. The number of hydrogen-bond donors (Lipinski definition) is 2. The Morgan fingerprint density at radius 2 is 1.83 bits per heavy atom. The lowest BCUT2D eigenvalue weighted by atomic mass is 9.76. The van der Waals surface area contributed by atoms with Gasteiger partial charge in [-0.3, -0.25) is 9.59 Å². The molecule has 3 unspecified atom stereocenters. The molecule has 0 spiro atoms. The second-order valence-corrected chi connectivity index (χ2v) is 10.0. The monoisotopic (exact) mass is 442 g/mol. The number of rotatable bonds is 5. The van der Waals surface area contributed by atoms with Crippen LogP contribution in [0.4, 0.5) is 4.39 Å². The molecule has 0 saturated heterocycles. The molecular weight excluding hydrogens is 414 g/mol. The molecule has 2 amide bonds. The summed E-state index contributed by atoms with van der Waals surface area (Å²) >= 11 is 12.6. The highest BCUT2D eigenvalue weighted by Crippen LogP contribution is 2.50. The van der Waals surface area contributed by atoms with Crippen LogP contribution >= 0.6 is 23.2 Å². The Morgan fingerprint density at radius 1 is 1.17 bits per heavy atom. The molecule has 0 aliphatic heterocycles.